The van der Waals surface area contributed by atoms with Crippen LogP contribution in [0.3, 0.4) is 0 Å². The van der Waals surface area contributed by atoms with Crippen LogP contribution in [0.1, 0.15) is 49.8 Å². The highest BCUT2D eigenvalue weighted by Gasteiger charge is 2.49. The van der Waals surface area contributed by atoms with Crippen molar-refractivity contribution in [2.75, 3.05) is 37.7 Å². The molecule has 8 heteroatoms. The van der Waals surface area contributed by atoms with E-state index in [0.717, 1.165) is 52.8 Å². The molecule has 0 radical (unpaired) electrons. The van der Waals surface area contributed by atoms with Gasteiger partial charge in [0.15, 0.2) is 0 Å². The Labute approximate surface area is 198 Å². The number of ether oxygens (including phenoxy) is 1. The van der Waals surface area contributed by atoms with Crippen LogP contribution in [0.4, 0.5) is 5.69 Å². The van der Waals surface area contributed by atoms with Crippen LogP contribution in [0, 0.1) is 0 Å². The van der Waals surface area contributed by atoms with Crippen molar-refractivity contribution < 1.29 is 14.3 Å². The average Bonchev–Trinajstić information content (AvgIpc) is 3.49. The molecule has 1 saturated heterocycles. The lowest BCUT2D eigenvalue weighted by Gasteiger charge is -2.30. The third-order valence-electron chi connectivity index (χ3n) is 8.18. The first-order valence-electron chi connectivity index (χ1n) is 12.5. The molecule has 34 heavy (non-hydrogen) atoms. The zero-order valence-electron chi connectivity index (χ0n) is 19.9. The molecule has 8 nitrogen and oxygen atoms in total. The van der Waals surface area contributed by atoms with Crippen LogP contribution in [0.15, 0.2) is 18.3 Å². The summed E-state index contributed by atoms with van der Waals surface area (Å²) in [4.78, 5) is 34.2. The maximum Gasteiger partial charge on any atom is 0.242 e. The highest BCUT2D eigenvalue weighted by atomic mass is 16.5. The summed E-state index contributed by atoms with van der Waals surface area (Å²) in [7, 11) is 0. The zero-order valence-corrected chi connectivity index (χ0v) is 19.9. The molecule has 0 saturated carbocycles. The van der Waals surface area contributed by atoms with Crippen molar-refractivity contribution in [2.45, 2.75) is 51.4 Å². The van der Waals surface area contributed by atoms with Gasteiger partial charge in [0.25, 0.3) is 0 Å². The Balaban J connectivity index is 1.48. The lowest BCUT2D eigenvalue weighted by molar-refractivity contribution is -0.135. The molecule has 3 aliphatic rings. The topological polar surface area (TPSA) is 94.3 Å². The molecule has 2 N–H and O–H groups in total. The molecule has 1 aliphatic carbocycles. The molecular weight excluding hydrogens is 430 g/mol. The van der Waals surface area contributed by atoms with Crippen LogP contribution >= 0.6 is 0 Å². The summed E-state index contributed by atoms with van der Waals surface area (Å²) in [5.41, 5.74) is 6.92. The van der Waals surface area contributed by atoms with E-state index in [0.29, 0.717) is 39.1 Å². The van der Waals surface area contributed by atoms with E-state index in [4.69, 9.17) is 4.74 Å². The standard InChI is InChI=1S/C26H31N5O3/c1-3-26(4-2)19-13-20-18(17-7-5-6-16-14-27-29-23(16)24(17)28-20)12-21(19)31(25(26)33)15-22(32)30-8-10-34-11-9-30/h12-14,28H,3-11,15H2,1-2H3,(H,27,29). The van der Waals surface area contributed by atoms with Crippen LogP contribution in [0.25, 0.3) is 22.3 Å². The normalized spacial score (nSPS) is 19.2. The summed E-state index contributed by atoms with van der Waals surface area (Å²) < 4.78 is 5.40. The van der Waals surface area contributed by atoms with Gasteiger partial charge in [-0.3, -0.25) is 14.7 Å². The minimum absolute atomic E-state index is 0.0141. The molecule has 0 spiro atoms. The van der Waals surface area contributed by atoms with Crippen LogP contribution in [0.2, 0.25) is 0 Å². The Morgan fingerprint density at radius 3 is 2.74 bits per heavy atom. The van der Waals surface area contributed by atoms with E-state index in [9.17, 15) is 9.59 Å². The van der Waals surface area contributed by atoms with Crippen LogP contribution in [-0.2, 0) is 32.6 Å². The van der Waals surface area contributed by atoms with Gasteiger partial charge in [-0.25, -0.2) is 0 Å². The number of nitrogens with one attached hydrogen (secondary N) is 2. The Bertz CT molecular complexity index is 1280. The molecule has 0 unspecified atom stereocenters. The van der Waals surface area contributed by atoms with Gasteiger partial charge in [0.05, 0.1) is 24.3 Å². The van der Waals surface area contributed by atoms with Crippen LogP contribution < -0.4 is 4.90 Å². The SMILES string of the molecule is CCC1(CC)C(=O)N(CC(=O)N2CCOCC2)c2cc3c4c([nH]c3cc21)-c1n[nH]cc1CCC4. The minimum atomic E-state index is -0.602. The third kappa shape index (κ3) is 2.97. The van der Waals surface area contributed by atoms with Crippen LogP contribution in [-0.4, -0.2) is 64.7 Å². The molecule has 1 aromatic carbocycles. The van der Waals surface area contributed by atoms with Crippen molar-refractivity contribution in [1.29, 1.82) is 0 Å². The number of aromatic nitrogens is 3. The number of aromatic amines is 2. The van der Waals surface area contributed by atoms with E-state index in [2.05, 4.69) is 41.2 Å². The number of aryl methyl sites for hydroxylation is 2. The highest BCUT2D eigenvalue weighted by Crippen LogP contribution is 2.49. The predicted octanol–water partition coefficient (Wildman–Crippen LogP) is 3.31. The molecule has 3 aromatic rings. The minimum Gasteiger partial charge on any atom is -0.378 e. The number of benzene rings is 1. The van der Waals surface area contributed by atoms with Crippen molar-refractivity contribution in [2.24, 2.45) is 0 Å². The van der Waals surface area contributed by atoms with Crippen molar-refractivity contribution >= 4 is 28.4 Å². The largest absolute Gasteiger partial charge is 0.378 e. The van der Waals surface area contributed by atoms with E-state index in [1.807, 2.05) is 11.1 Å². The summed E-state index contributed by atoms with van der Waals surface area (Å²) >= 11 is 0. The van der Waals surface area contributed by atoms with Gasteiger partial charge in [0.2, 0.25) is 11.8 Å². The summed E-state index contributed by atoms with van der Waals surface area (Å²) in [6.45, 7) is 6.48. The molecular formula is C26H31N5O3. The number of hydrogen-bond donors (Lipinski definition) is 2. The number of fused-ring (bicyclic) bond motifs is 6. The summed E-state index contributed by atoms with van der Waals surface area (Å²) in [5.74, 6) is 0.0298. The molecule has 178 valence electrons. The van der Waals surface area contributed by atoms with Crippen molar-refractivity contribution in [3.05, 3.63) is 35.0 Å². The monoisotopic (exact) mass is 461 g/mol. The fraction of sp³-hybridized carbons (Fsp3) is 0.500. The van der Waals surface area contributed by atoms with Gasteiger partial charge in [-0.05, 0) is 60.9 Å². The lowest BCUT2D eigenvalue weighted by atomic mass is 9.76. The molecule has 0 bridgehead atoms. The van der Waals surface area contributed by atoms with E-state index >= 15 is 0 Å². The first kappa shape index (κ1) is 21.4. The second-order valence-electron chi connectivity index (χ2n) is 9.68. The molecule has 2 amide bonds. The quantitative estimate of drug-likeness (QED) is 0.623. The molecule has 1 fully saturated rings. The number of carbonyl (C=O) groups excluding carboxylic acids is 2. The van der Waals surface area contributed by atoms with E-state index in [1.165, 1.54) is 11.1 Å². The number of morpholine rings is 1. The fourth-order valence-corrected chi connectivity index (χ4v) is 6.15. The summed E-state index contributed by atoms with van der Waals surface area (Å²) in [5, 5.41) is 8.68. The fourth-order valence-electron chi connectivity index (χ4n) is 6.15. The molecule has 6 rings (SSSR count). The van der Waals surface area contributed by atoms with E-state index in [-0.39, 0.29) is 18.4 Å². The Kier molecular flexibility index (Phi) is 5.02. The third-order valence-corrected chi connectivity index (χ3v) is 8.18. The van der Waals surface area contributed by atoms with Crippen molar-refractivity contribution in [1.82, 2.24) is 20.1 Å². The Hall–Kier alpha value is -3.13. The summed E-state index contributed by atoms with van der Waals surface area (Å²) in [6, 6.07) is 4.31. The maximum atomic E-state index is 13.8. The van der Waals surface area contributed by atoms with Gasteiger partial charge in [-0.2, -0.15) is 5.10 Å². The number of amides is 2. The number of carbonyl (C=O) groups is 2. The molecule has 4 heterocycles. The van der Waals surface area contributed by atoms with Gasteiger partial charge in [-0.15, -0.1) is 0 Å². The molecule has 2 aliphatic heterocycles. The number of rotatable bonds is 4. The van der Waals surface area contributed by atoms with E-state index in [1.54, 1.807) is 4.90 Å². The maximum absolute atomic E-state index is 13.8. The second-order valence-corrected chi connectivity index (χ2v) is 9.68. The number of nitrogens with zero attached hydrogens (tertiary/aromatic N) is 3. The van der Waals surface area contributed by atoms with Gasteiger partial charge < -0.3 is 19.5 Å². The van der Waals surface area contributed by atoms with Gasteiger partial charge in [0.1, 0.15) is 12.2 Å². The zero-order chi connectivity index (χ0) is 23.4. The van der Waals surface area contributed by atoms with Crippen LogP contribution in [0.5, 0.6) is 0 Å². The van der Waals surface area contributed by atoms with Gasteiger partial charge in [-0.1, -0.05) is 13.8 Å². The predicted molar refractivity (Wildman–Crippen MR) is 130 cm³/mol. The van der Waals surface area contributed by atoms with Gasteiger partial charge in [0, 0.05) is 35.9 Å². The molecule has 0 atom stereocenters. The first-order chi connectivity index (χ1) is 16.6. The van der Waals surface area contributed by atoms with Crippen molar-refractivity contribution in [3.8, 4) is 11.4 Å². The smallest absolute Gasteiger partial charge is 0.242 e. The first-order valence-corrected chi connectivity index (χ1v) is 12.5. The van der Waals surface area contributed by atoms with E-state index < -0.39 is 5.41 Å². The average molecular weight is 462 g/mol. The lowest BCUT2D eigenvalue weighted by Crippen LogP contribution is -2.48. The second kappa shape index (κ2) is 7.98. The summed E-state index contributed by atoms with van der Waals surface area (Å²) in [6.07, 6.45) is 6.40. The number of hydrogen-bond acceptors (Lipinski definition) is 4. The highest BCUT2D eigenvalue weighted by molar-refractivity contribution is 6.13. The Morgan fingerprint density at radius 2 is 1.97 bits per heavy atom. The Morgan fingerprint density at radius 1 is 1.18 bits per heavy atom. The number of anilines is 1. The number of H-pyrrole nitrogens is 2. The van der Waals surface area contributed by atoms with Gasteiger partial charge >= 0.3 is 0 Å². The van der Waals surface area contributed by atoms with Crippen molar-refractivity contribution in [3.63, 3.8) is 0 Å². The molecule has 2 aromatic heterocycles.